The number of aromatic nitrogens is 2. The van der Waals surface area contributed by atoms with E-state index in [1.165, 1.54) is 12.2 Å². The van der Waals surface area contributed by atoms with E-state index in [0.717, 1.165) is 18.9 Å². The van der Waals surface area contributed by atoms with Crippen molar-refractivity contribution >= 4 is 11.8 Å². The van der Waals surface area contributed by atoms with Crippen LogP contribution >= 0.6 is 11.8 Å². The Labute approximate surface area is 83.4 Å². The summed E-state index contributed by atoms with van der Waals surface area (Å²) >= 11 is 1.88. The van der Waals surface area contributed by atoms with Crippen molar-refractivity contribution < 1.29 is 0 Å². The Morgan fingerprint density at radius 3 is 2.85 bits per heavy atom. The van der Waals surface area contributed by atoms with Crippen molar-refractivity contribution in [3.05, 3.63) is 24.3 Å². The molecule has 0 amide bonds. The Balaban J connectivity index is 2.07. The van der Waals surface area contributed by atoms with Crippen LogP contribution in [0.15, 0.2) is 18.5 Å². The van der Waals surface area contributed by atoms with Gasteiger partial charge in [-0.25, -0.2) is 9.97 Å². The second kappa shape index (κ2) is 6.86. The molecule has 0 aliphatic rings. The van der Waals surface area contributed by atoms with Crippen molar-refractivity contribution in [2.24, 2.45) is 0 Å². The molecule has 0 unspecified atom stereocenters. The molecular formula is C9H15N3S. The Morgan fingerprint density at radius 2 is 2.15 bits per heavy atom. The third-order valence-electron chi connectivity index (χ3n) is 1.60. The molecule has 3 nitrogen and oxygen atoms in total. The molecule has 4 heteroatoms. The van der Waals surface area contributed by atoms with E-state index in [4.69, 9.17) is 0 Å². The van der Waals surface area contributed by atoms with E-state index in [9.17, 15) is 0 Å². The van der Waals surface area contributed by atoms with E-state index in [2.05, 4.69) is 21.5 Å². The summed E-state index contributed by atoms with van der Waals surface area (Å²) in [5.74, 6) is 2.08. The van der Waals surface area contributed by atoms with Crippen LogP contribution in [0.3, 0.4) is 0 Å². The third-order valence-corrected chi connectivity index (χ3v) is 2.30. The fourth-order valence-corrected chi connectivity index (χ4v) is 1.40. The number of nitrogens with zero attached hydrogens (tertiary/aromatic N) is 2. The molecule has 0 saturated heterocycles. The van der Waals surface area contributed by atoms with Crippen LogP contribution in [0.2, 0.25) is 0 Å². The first kappa shape index (κ1) is 10.5. The fourth-order valence-electron chi connectivity index (χ4n) is 0.963. The Hall–Kier alpha value is -0.610. The number of nitrogens with one attached hydrogen (secondary N) is 1. The van der Waals surface area contributed by atoms with E-state index >= 15 is 0 Å². The van der Waals surface area contributed by atoms with Gasteiger partial charge in [0.25, 0.3) is 0 Å². The fraction of sp³-hybridized carbons (Fsp3) is 0.556. The maximum atomic E-state index is 4.12. The van der Waals surface area contributed by atoms with Gasteiger partial charge in [0, 0.05) is 12.4 Å². The summed E-state index contributed by atoms with van der Waals surface area (Å²) in [7, 11) is 0. The van der Waals surface area contributed by atoms with Crippen molar-refractivity contribution in [1.82, 2.24) is 15.3 Å². The molecule has 1 N–H and O–H groups in total. The van der Waals surface area contributed by atoms with Gasteiger partial charge in [0.2, 0.25) is 0 Å². The van der Waals surface area contributed by atoms with Crippen molar-refractivity contribution in [2.45, 2.75) is 13.0 Å². The van der Waals surface area contributed by atoms with Gasteiger partial charge in [-0.05, 0) is 31.0 Å². The highest BCUT2D eigenvalue weighted by molar-refractivity contribution is 7.98. The standard InChI is InChI=1S/C9H15N3S/c1-13-7-3-4-10-8-9-11-5-2-6-12-9/h2,5-6,10H,3-4,7-8H2,1H3. The van der Waals surface area contributed by atoms with Gasteiger partial charge in [0.1, 0.15) is 5.82 Å². The number of rotatable bonds is 6. The lowest BCUT2D eigenvalue weighted by molar-refractivity contribution is 0.652. The minimum absolute atomic E-state index is 0.773. The summed E-state index contributed by atoms with van der Waals surface area (Å²) in [6.45, 7) is 1.81. The van der Waals surface area contributed by atoms with E-state index in [0.29, 0.717) is 0 Å². The average Bonchev–Trinajstić information content (AvgIpc) is 2.19. The van der Waals surface area contributed by atoms with Crippen LogP contribution in [0.4, 0.5) is 0 Å². The SMILES string of the molecule is CSCCCNCc1ncccn1. The molecule has 0 fully saturated rings. The van der Waals surface area contributed by atoms with Crippen LogP contribution in [-0.4, -0.2) is 28.5 Å². The molecule has 0 radical (unpaired) electrons. The number of hydrogen-bond donors (Lipinski definition) is 1. The maximum Gasteiger partial charge on any atom is 0.141 e. The number of thioether (sulfide) groups is 1. The van der Waals surface area contributed by atoms with Crippen molar-refractivity contribution in [2.75, 3.05) is 18.6 Å². The zero-order chi connectivity index (χ0) is 9.36. The first-order chi connectivity index (χ1) is 6.43. The van der Waals surface area contributed by atoms with Gasteiger partial charge in [-0.3, -0.25) is 0 Å². The van der Waals surface area contributed by atoms with Crippen molar-refractivity contribution in [3.63, 3.8) is 0 Å². The molecule has 0 spiro atoms. The van der Waals surface area contributed by atoms with E-state index in [1.54, 1.807) is 12.4 Å². The molecular weight excluding hydrogens is 182 g/mol. The van der Waals surface area contributed by atoms with E-state index < -0.39 is 0 Å². The average molecular weight is 197 g/mol. The van der Waals surface area contributed by atoms with Crippen LogP contribution in [0, 0.1) is 0 Å². The summed E-state index contributed by atoms with van der Waals surface area (Å²) in [6.07, 6.45) is 6.87. The van der Waals surface area contributed by atoms with E-state index in [-0.39, 0.29) is 0 Å². The van der Waals surface area contributed by atoms with Gasteiger partial charge >= 0.3 is 0 Å². The maximum absolute atomic E-state index is 4.12. The number of hydrogen-bond acceptors (Lipinski definition) is 4. The molecule has 0 aliphatic carbocycles. The molecule has 1 rings (SSSR count). The normalized spacial score (nSPS) is 10.2. The van der Waals surface area contributed by atoms with Gasteiger partial charge in [-0.1, -0.05) is 0 Å². The largest absolute Gasteiger partial charge is 0.310 e. The molecule has 1 heterocycles. The molecule has 0 atom stereocenters. The van der Waals surface area contributed by atoms with Crippen molar-refractivity contribution in [1.29, 1.82) is 0 Å². The summed E-state index contributed by atoms with van der Waals surface area (Å²) in [6, 6.07) is 1.83. The van der Waals surface area contributed by atoms with Crippen LogP contribution in [0.1, 0.15) is 12.2 Å². The van der Waals surface area contributed by atoms with Gasteiger partial charge in [-0.15, -0.1) is 0 Å². The highest BCUT2D eigenvalue weighted by atomic mass is 32.2. The quantitative estimate of drug-likeness (QED) is 0.698. The van der Waals surface area contributed by atoms with Crippen LogP contribution < -0.4 is 5.32 Å². The second-order valence-corrected chi connectivity index (χ2v) is 3.67. The summed E-state index contributed by atoms with van der Waals surface area (Å²) in [5, 5.41) is 3.30. The first-order valence-corrected chi connectivity index (χ1v) is 5.78. The van der Waals surface area contributed by atoms with Crippen LogP contribution in [0.5, 0.6) is 0 Å². The van der Waals surface area contributed by atoms with Crippen molar-refractivity contribution in [3.8, 4) is 0 Å². The highest BCUT2D eigenvalue weighted by Crippen LogP contribution is 1.93. The Morgan fingerprint density at radius 1 is 1.38 bits per heavy atom. The highest BCUT2D eigenvalue weighted by Gasteiger charge is 1.92. The molecule has 72 valence electrons. The lowest BCUT2D eigenvalue weighted by Gasteiger charge is -2.01. The van der Waals surface area contributed by atoms with E-state index in [1.807, 2.05) is 17.8 Å². The monoisotopic (exact) mass is 197 g/mol. The minimum atomic E-state index is 0.773. The Bertz CT molecular complexity index is 215. The van der Waals surface area contributed by atoms with Gasteiger partial charge in [0.05, 0.1) is 6.54 Å². The predicted octanol–water partition coefficient (Wildman–Crippen LogP) is 1.32. The lowest BCUT2D eigenvalue weighted by atomic mass is 10.4. The topological polar surface area (TPSA) is 37.8 Å². The molecule has 1 aromatic rings. The third kappa shape index (κ3) is 4.85. The lowest BCUT2D eigenvalue weighted by Crippen LogP contribution is -2.16. The molecule has 1 aromatic heterocycles. The molecule has 0 bridgehead atoms. The molecule has 0 aromatic carbocycles. The summed E-state index contributed by atoms with van der Waals surface area (Å²) in [4.78, 5) is 8.24. The van der Waals surface area contributed by atoms with Gasteiger partial charge in [-0.2, -0.15) is 11.8 Å². The van der Waals surface area contributed by atoms with Crippen LogP contribution in [0.25, 0.3) is 0 Å². The molecule has 0 aliphatic heterocycles. The minimum Gasteiger partial charge on any atom is -0.310 e. The Kier molecular flexibility index (Phi) is 5.52. The van der Waals surface area contributed by atoms with Crippen LogP contribution in [-0.2, 0) is 6.54 Å². The molecule has 0 saturated carbocycles. The predicted molar refractivity (Wildman–Crippen MR) is 56.7 cm³/mol. The zero-order valence-electron chi connectivity index (χ0n) is 7.86. The summed E-state index contributed by atoms with van der Waals surface area (Å²) in [5.41, 5.74) is 0. The van der Waals surface area contributed by atoms with Gasteiger partial charge in [0.15, 0.2) is 0 Å². The smallest absolute Gasteiger partial charge is 0.141 e. The second-order valence-electron chi connectivity index (χ2n) is 2.69. The molecule has 13 heavy (non-hydrogen) atoms. The zero-order valence-corrected chi connectivity index (χ0v) is 8.68. The van der Waals surface area contributed by atoms with Gasteiger partial charge < -0.3 is 5.32 Å². The summed E-state index contributed by atoms with van der Waals surface area (Å²) < 4.78 is 0. The first-order valence-electron chi connectivity index (χ1n) is 4.39.